The van der Waals surface area contributed by atoms with Gasteiger partial charge in [0.15, 0.2) is 0 Å². The number of hydrogen-bond acceptors (Lipinski definition) is 5. The lowest BCUT2D eigenvalue weighted by atomic mass is 9.95. The minimum Gasteiger partial charge on any atom is -0.447 e. The summed E-state index contributed by atoms with van der Waals surface area (Å²) < 4.78 is 6.32. The highest BCUT2D eigenvalue weighted by molar-refractivity contribution is 8.14. The van der Waals surface area contributed by atoms with Gasteiger partial charge in [0.05, 0.1) is 17.0 Å². The van der Waals surface area contributed by atoms with E-state index in [1.807, 2.05) is 48.3 Å². The molecule has 3 unspecified atom stereocenters. The van der Waals surface area contributed by atoms with Crippen molar-refractivity contribution < 1.29 is 9.53 Å². The van der Waals surface area contributed by atoms with Crippen LogP contribution >= 0.6 is 23.4 Å². The number of ether oxygens (including phenoxy) is 1. The Labute approximate surface area is 160 Å². The van der Waals surface area contributed by atoms with E-state index >= 15 is 0 Å². The monoisotopic (exact) mass is 385 g/mol. The van der Waals surface area contributed by atoms with Crippen LogP contribution in [-0.2, 0) is 0 Å². The zero-order valence-corrected chi connectivity index (χ0v) is 15.6. The maximum absolute atomic E-state index is 12.1. The van der Waals surface area contributed by atoms with Crippen LogP contribution in [0.3, 0.4) is 0 Å². The summed E-state index contributed by atoms with van der Waals surface area (Å²) in [6.45, 7) is 1.98. The van der Waals surface area contributed by atoms with Crippen molar-refractivity contribution in [3.63, 3.8) is 0 Å². The first-order chi connectivity index (χ1) is 12.6. The van der Waals surface area contributed by atoms with Gasteiger partial charge in [-0.1, -0.05) is 53.7 Å². The zero-order valence-electron chi connectivity index (χ0n) is 14.0. The Morgan fingerprint density at radius 3 is 2.85 bits per heavy atom. The number of nitrogens with zero attached hydrogens (tertiary/aromatic N) is 2. The molecule has 7 heteroatoms. The summed E-state index contributed by atoms with van der Waals surface area (Å²) in [5.41, 5.74) is 3.05. The van der Waals surface area contributed by atoms with Crippen LogP contribution in [0.1, 0.15) is 30.5 Å². The zero-order chi connectivity index (χ0) is 17.9. The molecule has 132 valence electrons. The van der Waals surface area contributed by atoms with Gasteiger partial charge >= 0.3 is 0 Å². The molecule has 1 saturated heterocycles. The van der Waals surface area contributed by atoms with E-state index in [9.17, 15) is 4.79 Å². The molecule has 1 amide bonds. The van der Waals surface area contributed by atoms with Crippen molar-refractivity contribution >= 4 is 34.3 Å². The van der Waals surface area contributed by atoms with Gasteiger partial charge < -0.3 is 4.74 Å². The van der Waals surface area contributed by atoms with Crippen LogP contribution in [0.5, 0.6) is 5.75 Å². The molecule has 2 aromatic rings. The predicted molar refractivity (Wildman–Crippen MR) is 103 cm³/mol. The number of hydrogen-bond donors (Lipinski definition) is 1. The van der Waals surface area contributed by atoms with Gasteiger partial charge in [-0.05, 0) is 30.7 Å². The molecule has 5 nitrogen and oxygen atoms in total. The Morgan fingerprint density at radius 1 is 1.31 bits per heavy atom. The highest BCUT2D eigenvalue weighted by Gasteiger charge is 2.59. The molecule has 3 heterocycles. The summed E-state index contributed by atoms with van der Waals surface area (Å²) in [4.78, 5) is 12.1. The summed E-state index contributed by atoms with van der Waals surface area (Å²) in [5.74, 6) is -0.237. The second-order valence-electron chi connectivity index (χ2n) is 6.63. The maximum atomic E-state index is 12.1. The van der Waals surface area contributed by atoms with Crippen molar-refractivity contribution in [2.24, 2.45) is 5.10 Å². The van der Waals surface area contributed by atoms with E-state index in [-0.39, 0.29) is 16.5 Å². The Hall–Kier alpha value is -2.18. The number of thioether (sulfide) groups is 1. The third-order valence-corrected chi connectivity index (χ3v) is 6.29. The summed E-state index contributed by atoms with van der Waals surface area (Å²) in [7, 11) is 0. The van der Waals surface area contributed by atoms with Gasteiger partial charge in [0.25, 0.3) is 11.1 Å². The minimum atomic E-state index is -0.982. The van der Waals surface area contributed by atoms with E-state index in [1.165, 1.54) is 11.8 Å². The fourth-order valence-electron chi connectivity index (χ4n) is 3.82. The molecular weight excluding hydrogens is 370 g/mol. The van der Waals surface area contributed by atoms with Gasteiger partial charge in [0, 0.05) is 17.0 Å². The first kappa shape index (κ1) is 16.0. The van der Waals surface area contributed by atoms with Crippen LogP contribution in [0.4, 0.5) is 4.79 Å². The largest absolute Gasteiger partial charge is 0.447 e. The average Bonchev–Trinajstić information content (AvgIpc) is 3.20. The van der Waals surface area contributed by atoms with E-state index in [1.54, 1.807) is 0 Å². The quantitative estimate of drug-likeness (QED) is 0.791. The molecule has 26 heavy (non-hydrogen) atoms. The van der Waals surface area contributed by atoms with Gasteiger partial charge in [-0.15, -0.1) is 0 Å². The van der Waals surface area contributed by atoms with Crippen LogP contribution in [0.25, 0.3) is 0 Å². The van der Waals surface area contributed by atoms with E-state index in [4.69, 9.17) is 21.4 Å². The van der Waals surface area contributed by atoms with Crippen LogP contribution in [0, 0.1) is 0 Å². The molecule has 1 spiro atoms. The number of fused-ring (bicyclic) bond motifs is 4. The number of halogens is 1. The molecule has 0 saturated carbocycles. The topological polar surface area (TPSA) is 53.9 Å². The van der Waals surface area contributed by atoms with Gasteiger partial charge in [-0.3, -0.25) is 10.1 Å². The average molecular weight is 386 g/mol. The number of carbonyl (C=O) groups excluding carboxylic acids is 1. The molecule has 0 radical (unpaired) electrons. The van der Waals surface area contributed by atoms with Gasteiger partial charge in [-0.25, -0.2) is 5.01 Å². The molecular formula is C19H16ClN3O2S. The second kappa shape index (κ2) is 5.66. The molecule has 1 N–H and O–H groups in total. The van der Waals surface area contributed by atoms with Crippen molar-refractivity contribution in [3.05, 3.63) is 64.7 Å². The fraction of sp³-hybridized carbons (Fsp3) is 0.263. The van der Waals surface area contributed by atoms with Crippen LogP contribution in [0.15, 0.2) is 53.6 Å². The molecule has 3 atom stereocenters. The van der Waals surface area contributed by atoms with Crippen molar-refractivity contribution in [1.82, 2.24) is 10.3 Å². The van der Waals surface area contributed by atoms with E-state index in [2.05, 4.69) is 17.4 Å². The normalized spacial score (nSPS) is 29.1. The number of nitrogens with one attached hydrogen (secondary N) is 1. The lowest BCUT2D eigenvalue weighted by Gasteiger charge is -2.46. The number of carbonyl (C=O) groups is 1. The predicted octanol–water partition coefficient (Wildman–Crippen LogP) is 4.38. The van der Waals surface area contributed by atoms with E-state index in [0.29, 0.717) is 5.02 Å². The standard InChI is InChI=1S/C19H16ClN3O2S/c1-11-19(21-18(24)26-11)23-16(14-9-13(20)7-8-17(14)25-19)10-15(22-23)12-5-3-2-4-6-12/h2-9,11,16H,10H2,1H3,(H,21,24). The smallest absolute Gasteiger partial charge is 0.292 e. The first-order valence-corrected chi connectivity index (χ1v) is 9.72. The van der Waals surface area contributed by atoms with Gasteiger partial charge in [0.1, 0.15) is 5.75 Å². The number of rotatable bonds is 1. The highest BCUT2D eigenvalue weighted by atomic mass is 35.5. The molecule has 2 aromatic carbocycles. The Balaban J connectivity index is 1.66. The van der Waals surface area contributed by atoms with Crippen LogP contribution in [0.2, 0.25) is 5.02 Å². The maximum Gasteiger partial charge on any atom is 0.292 e. The van der Waals surface area contributed by atoms with Crippen molar-refractivity contribution in [2.45, 2.75) is 30.5 Å². The summed E-state index contributed by atoms with van der Waals surface area (Å²) >= 11 is 7.48. The lowest BCUT2D eigenvalue weighted by Crippen LogP contribution is -2.64. The SMILES string of the molecule is CC1SC(=O)NC12Oc1ccc(Cl)cc1C1CC(c3ccccc3)=NN12. The fourth-order valence-corrected chi connectivity index (χ4v) is 4.90. The summed E-state index contributed by atoms with van der Waals surface area (Å²) in [6, 6.07) is 15.7. The molecule has 1 fully saturated rings. The third kappa shape index (κ3) is 2.25. The molecule has 0 aliphatic carbocycles. The second-order valence-corrected chi connectivity index (χ2v) is 8.38. The van der Waals surface area contributed by atoms with Crippen molar-refractivity contribution in [1.29, 1.82) is 0 Å². The highest BCUT2D eigenvalue weighted by Crippen LogP contribution is 2.51. The van der Waals surface area contributed by atoms with E-state index in [0.717, 1.165) is 29.0 Å². The van der Waals surface area contributed by atoms with E-state index < -0.39 is 5.85 Å². The number of hydrazone groups is 1. The van der Waals surface area contributed by atoms with Crippen molar-refractivity contribution in [3.8, 4) is 5.75 Å². The molecule has 0 bridgehead atoms. The Kier molecular flexibility index (Phi) is 3.49. The molecule has 5 rings (SSSR count). The van der Waals surface area contributed by atoms with Crippen LogP contribution in [-0.4, -0.2) is 27.1 Å². The number of benzene rings is 2. The number of amides is 1. The molecule has 3 aliphatic rings. The first-order valence-electron chi connectivity index (χ1n) is 8.46. The third-order valence-electron chi connectivity index (χ3n) is 5.07. The molecule has 0 aromatic heterocycles. The summed E-state index contributed by atoms with van der Waals surface area (Å²) in [6.07, 6.45) is 0.732. The lowest BCUT2D eigenvalue weighted by molar-refractivity contribution is -0.127. The van der Waals surface area contributed by atoms with Gasteiger partial charge in [-0.2, -0.15) is 5.10 Å². The van der Waals surface area contributed by atoms with Crippen molar-refractivity contribution in [2.75, 3.05) is 0 Å². The Bertz CT molecular complexity index is 936. The molecule has 3 aliphatic heterocycles. The minimum absolute atomic E-state index is 0.0332. The Morgan fingerprint density at radius 2 is 2.12 bits per heavy atom. The van der Waals surface area contributed by atoms with Crippen LogP contribution < -0.4 is 10.1 Å². The summed E-state index contributed by atoms with van der Waals surface area (Å²) in [5, 5.41) is 10.3. The van der Waals surface area contributed by atoms with Gasteiger partial charge in [0.2, 0.25) is 0 Å².